The lowest BCUT2D eigenvalue weighted by Crippen LogP contribution is -2.30. The van der Waals surface area contributed by atoms with Crippen molar-refractivity contribution in [2.45, 2.75) is 45.6 Å². The van der Waals surface area contributed by atoms with Crippen LogP contribution in [0.25, 0.3) is 11.2 Å². The van der Waals surface area contributed by atoms with Crippen molar-refractivity contribution < 1.29 is 0 Å². The van der Waals surface area contributed by atoms with E-state index in [4.69, 9.17) is 0 Å². The molecule has 0 aliphatic heterocycles. The quantitative estimate of drug-likeness (QED) is 0.802. The van der Waals surface area contributed by atoms with Gasteiger partial charge >= 0.3 is 0 Å². The summed E-state index contributed by atoms with van der Waals surface area (Å²) in [7, 11) is 1.86. The van der Waals surface area contributed by atoms with Crippen LogP contribution in [0.15, 0.2) is 6.33 Å². The first-order valence-electron chi connectivity index (χ1n) is 7.23. The van der Waals surface area contributed by atoms with E-state index >= 15 is 0 Å². The van der Waals surface area contributed by atoms with E-state index in [0.29, 0.717) is 23.1 Å². The number of aromatic amines is 1. The maximum Gasteiger partial charge on any atom is 0.227 e. The molecule has 1 aliphatic rings. The second kappa shape index (κ2) is 4.92. The highest BCUT2D eigenvalue weighted by Crippen LogP contribution is 2.36. The monoisotopic (exact) mass is 274 g/mol. The minimum absolute atomic E-state index is 0.462. The zero-order valence-corrected chi connectivity index (χ0v) is 12.3. The van der Waals surface area contributed by atoms with E-state index in [9.17, 15) is 0 Å². The predicted octanol–water partition coefficient (Wildman–Crippen LogP) is 2.78. The summed E-state index contributed by atoms with van der Waals surface area (Å²) in [5.41, 5.74) is 2.02. The van der Waals surface area contributed by atoms with Gasteiger partial charge in [0.2, 0.25) is 5.95 Å². The molecule has 1 aliphatic carbocycles. The molecule has 2 aromatic rings. The molecule has 2 aromatic heterocycles. The molecule has 3 N–H and O–H groups in total. The fourth-order valence-electron chi connectivity index (χ4n) is 2.80. The largest absolute Gasteiger partial charge is 0.371 e. The minimum atomic E-state index is 0.462. The Morgan fingerprint density at radius 1 is 1.25 bits per heavy atom. The second-order valence-corrected chi connectivity index (χ2v) is 6.33. The number of hydrogen-bond donors (Lipinski definition) is 3. The summed E-state index contributed by atoms with van der Waals surface area (Å²) in [4.78, 5) is 16.3. The molecule has 0 aromatic carbocycles. The highest BCUT2D eigenvalue weighted by molar-refractivity contribution is 5.83. The van der Waals surface area contributed by atoms with Crippen LogP contribution in [-0.2, 0) is 0 Å². The molecule has 20 heavy (non-hydrogen) atoms. The van der Waals surface area contributed by atoms with Crippen molar-refractivity contribution in [2.75, 3.05) is 17.7 Å². The molecule has 6 heteroatoms. The fraction of sp³-hybridized carbons (Fsp3) is 0.643. The zero-order chi connectivity index (χ0) is 14.2. The van der Waals surface area contributed by atoms with E-state index in [-0.39, 0.29) is 0 Å². The van der Waals surface area contributed by atoms with Crippen LogP contribution >= 0.6 is 0 Å². The van der Waals surface area contributed by atoms with Crippen molar-refractivity contribution in [1.29, 1.82) is 0 Å². The average Bonchev–Trinajstić information content (AvgIpc) is 2.88. The molecule has 0 amide bonds. The summed E-state index contributed by atoms with van der Waals surface area (Å²) < 4.78 is 0. The van der Waals surface area contributed by atoms with Gasteiger partial charge in [-0.25, -0.2) is 4.98 Å². The second-order valence-electron chi connectivity index (χ2n) is 6.33. The first-order chi connectivity index (χ1) is 9.57. The Bertz CT molecular complexity index is 593. The molecule has 0 bridgehead atoms. The Morgan fingerprint density at radius 2 is 2.00 bits per heavy atom. The number of imidazole rings is 1. The molecule has 1 saturated carbocycles. The van der Waals surface area contributed by atoms with Gasteiger partial charge in [0.05, 0.1) is 6.33 Å². The lowest BCUT2D eigenvalue weighted by atomic mass is 9.76. The van der Waals surface area contributed by atoms with Crippen LogP contribution in [0.2, 0.25) is 0 Å². The van der Waals surface area contributed by atoms with Crippen LogP contribution < -0.4 is 10.6 Å². The molecule has 0 unspecified atom stereocenters. The molecule has 2 heterocycles. The maximum absolute atomic E-state index is 4.52. The van der Waals surface area contributed by atoms with E-state index in [0.717, 1.165) is 11.3 Å². The van der Waals surface area contributed by atoms with Gasteiger partial charge in [-0.3, -0.25) is 0 Å². The Kier molecular flexibility index (Phi) is 3.23. The number of rotatable bonds is 3. The minimum Gasteiger partial charge on any atom is -0.371 e. The number of aromatic nitrogens is 4. The van der Waals surface area contributed by atoms with Gasteiger partial charge in [-0.1, -0.05) is 13.8 Å². The van der Waals surface area contributed by atoms with E-state index in [1.165, 1.54) is 25.7 Å². The van der Waals surface area contributed by atoms with Crippen LogP contribution in [0, 0.1) is 5.41 Å². The molecule has 3 rings (SSSR count). The summed E-state index contributed by atoms with van der Waals surface area (Å²) in [6, 6.07) is 0.462. The number of nitrogens with one attached hydrogen (secondary N) is 3. The smallest absolute Gasteiger partial charge is 0.227 e. The molecule has 1 fully saturated rings. The Morgan fingerprint density at radius 3 is 2.70 bits per heavy atom. The van der Waals surface area contributed by atoms with Crippen LogP contribution in [0.5, 0.6) is 0 Å². The zero-order valence-electron chi connectivity index (χ0n) is 12.3. The van der Waals surface area contributed by atoms with Gasteiger partial charge in [0.15, 0.2) is 11.5 Å². The van der Waals surface area contributed by atoms with Gasteiger partial charge < -0.3 is 15.6 Å². The number of anilines is 2. The van der Waals surface area contributed by atoms with Crippen molar-refractivity contribution >= 4 is 22.9 Å². The third-order valence-corrected chi connectivity index (χ3v) is 4.19. The predicted molar refractivity (Wildman–Crippen MR) is 80.9 cm³/mol. The Balaban J connectivity index is 1.77. The molecule has 0 atom stereocenters. The number of fused-ring (bicyclic) bond motifs is 1. The van der Waals surface area contributed by atoms with Crippen molar-refractivity contribution in [2.24, 2.45) is 5.41 Å². The molecule has 0 spiro atoms. The van der Waals surface area contributed by atoms with Crippen LogP contribution in [0.4, 0.5) is 11.8 Å². The van der Waals surface area contributed by atoms with Crippen molar-refractivity contribution in [3.05, 3.63) is 6.33 Å². The normalized spacial score (nSPS) is 19.1. The first kappa shape index (κ1) is 13.1. The van der Waals surface area contributed by atoms with E-state index in [1.54, 1.807) is 6.33 Å². The van der Waals surface area contributed by atoms with E-state index < -0.39 is 0 Å². The lowest BCUT2D eigenvalue weighted by Gasteiger charge is -2.34. The summed E-state index contributed by atoms with van der Waals surface area (Å²) in [6.45, 7) is 4.68. The van der Waals surface area contributed by atoms with Crippen molar-refractivity contribution in [3.63, 3.8) is 0 Å². The van der Waals surface area contributed by atoms with Crippen LogP contribution in [0.1, 0.15) is 39.5 Å². The summed E-state index contributed by atoms with van der Waals surface area (Å²) in [5.74, 6) is 1.45. The van der Waals surface area contributed by atoms with Gasteiger partial charge in [-0.05, 0) is 31.1 Å². The standard InChI is InChI=1S/C14H22N6/c1-14(2)6-4-9(5-7-14)18-13-19-11(15-3)10-12(20-13)17-8-16-10/h8-9H,4-7H2,1-3H3,(H3,15,16,17,18,19,20). The van der Waals surface area contributed by atoms with Crippen LogP contribution in [0.3, 0.4) is 0 Å². The van der Waals surface area contributed by atoms with Gasteiger partial charge in [0, 0.05) is 13.1 Å². The highest BCUT2D eigenvalue weighted by atomic mass is 15.2. The van der Waals surface area contributed by atoms with Crippen LogP contribution in [-0.4, -0.2) is 33.0 Å². The van der Waals surface area contributed by atoms with Gasteiger partial charge in [-0.15, -0.1) is 0 Å². The highest BCUT2D eigenvalue weighted by Gasteiger charge is 2.27. The number of hydrogen-bond acceptors (Lipinski definition) is 5. The average molecular weight is 274 g/mol. The number of nitrogens with zero attached hydrogens (tertiary/aromatic N) is 3. The summed E-state index contributed by atoms with van der Waals surface area (Å²) in [6.07, 6.45) is 6.48. The molecule has 0 radical (unpaired) electrons. The fourth-order valence-corrected chi connectivity index (χ4v) is 2.80. The van der Waals surface area contributed by atoms with Gasteiger partial charge in [0.1, 0.15) is 5.52 Å². The SMILES string of the molecule is CNc1nc(NC2CCC(C)(C)CC2)nc2nc[nH]c12. The molecular weight excluding hydrogens is 252 g/mol. The van der Waals surface area contributed by atoms with Crippen molar-refractivity contribution in [3.8, 4) is 0 Å². The van der Waals surface area contributed by atoms with E-state index in [1.807, 2.05) is 7.05 Å². The third kappa shape index (κ3) is 2.55. The lowest BCUT2D eigenvalue weighted by molar-refractivity contribution is 0.232. The molecule has 0 saturated heterocycles. The van der Waals surface area contributed by atoms with Gasteiger partial charge in [-0.2, -0.15) is 9.97 Å². The van der Waals surface area contributed by atoms with Gasteiger partial charge in [0.25, 0.3) is 0 Å². The summed E-state index contributed by atoms with van der Waals surface area (Å²) >= 11 is 0. The third-order valence-electron chi connectivity index (χ3n) is 4.19. The molecule has 108 valence electrons. The Labute approximate surface area is 118 Å². The maximum atomic E-state index is 4.52. The van der Waals surface area contributed by atoms with E-state index in [2.05, 4.69) is 44.4 Å². The van der Waals surface area contributed by atoms with Crippen molar-refractivity contribution in [1.82, 2.24) is 19.9 Å². The Hall–Kier alpha value is -1.85. The first-order valence-corrected chi connectivity index (χ1v) is 7.23. The number of H-pyrrole nitrogens is 1. The molecule has 6 nitrogen and oxygen atoms in total. The summed E-state index contributed by atoms with van der Waals surface area (Å²) in [5, 5.41) is 6.54. The topological polar surface area (TPSA) is 78.5 Å². The molecular formula is C14H22N6.